The number of hydrogen-bond donors (Lipinski definition) is 1. The molecule has 0 saturated carbocycles. The Morgan fingerprint density at radius 3 is 2.50 bits per heavy atom. The second-order valence-electron chi connectivity index (χ2n) is 2.98. The van der Waals surface area contributed by atoms with E-state index in [1.807, 2.05) is 13.8 Å². The third-order valence-electron chi connectivity index (χ3n) is 1.69. The number of aromatic hydroxyl groups is 1. The zero-order valence-corrected chi connectivity index (χ0v) is 9.28. The van der Waals surface area contributed by atoms with Crippen LogP contribution in [0, 0.1) is 0 Å². The van der Waals surface area contributed by atoms with Gasteiger partial charge in [0.2, 0.25) is 0 Å². The monoisotopic (exact) mass is 248 g/mol. The molecule has 12 heavy (non-hydrogen) atoms. The lowest BCUT2D eigenvalue weighted by molar-refractivity contribution is 0.470. The minimum atomic E-state index is 0.239. The van der Waals surface area contributed by atoms with E-state index in [0.717, 1.165) is 5.56 Å². The Bertz CT molecular complexity index is 297. The van der Waals surface area contributed by atoms with Crippen LogP contribution in [0.1, 0.15) is 25.3 Å². The standard InChI is InChI=1S/C9H10BrClO/c1-5(2)6-3-9(12)7(10)4-8(6)11/h3-5,12H,1-2H3. The topological polar surface area (TPSA) is 20.2 Å². The molecule has 1 aromatic carbocycles. The molecule has 0 saturated heterocycles. The third-order valence-corrected chi connectivity index (χ3v) is 2.65. The molecule has 0 unspecified atom stereocenters. The summed E-state index contributed by atoms with van der Waals surface area (Å²) in [5.41, 5.74) is 0.970. The van der Waals surface area contributed by atoms with Gasteiger partial charge < -0.3 is 5.11 Å². The van der Waals surface area contributed by atoms with Crippen LogP contribution in [0.3, 0.4) is 0 Å². The highest BCUT2D eigenvalue weighted by Crippen LogP contribution is 2.33. The lowest BCUT2D eigenvalue weighted by atomic mass is 10.0. The highest BCUT2D eigenvalue weighted by molar-refractivity contribution is 9.10. The van der Waals surface area contributed by atoms with E-state index < -0.39 is 0 Å². The maximum Gasteiger partial charge on any atom is 0.130 e. The van der Waals surface area contributed by atoms with E-state index in [0.29, 0.717) is 15.4 Å². The summed E-state index contributed by atoms with van der Waals surface area (Å²) >= 11 is 9.15. The summed E-state index contributed by atoms with van der Waals surface area (Å²) in [4.78, 5) is 0. The molecular formula is C9H10BrClO. The smallest absolute Gasteiger partial charge is 0.130 e. The molecule has 0 spiro atoms. The minimum Gasteiger partial charge on any atom is -0.507 e. The Balaban J connectivity index is 3.23. The molecule has 0 heterocycles. The van der Waals surface area contributed by atoms with Crippen molar-refractivity contribution in [2.45, 2.75) is 19.8 Å². The van der Waals surface area contributed by atoms with Gasteiger partial charge in [0, 0.05) is 5.02 Å². The van der Waals surface area contributed by atoms with E-state index >= 15 is 0 Å². The molecule has 0 bridgehead atoms. The van der Waals surface area contributed by atoms with Crippen LogP contribution in [0.5, 0.6) is 5.75 Å². The molecule has 0 fully saturated rings. The van der Waals surface area contributed by atoms with Crippen LogP contribution in [-0.2, 0) is 0 Å². The zero-order valence-electron chi connectivity index (χ0n) is 6.94. The first-order valence-electron chi connectivity index (χ1n) is 3.70. The molecule has 1 N–H and O–H groups in total. The van der Waals surface area contributed by atoms with Gasteiger partial charge in [0.25, 0.3) is 0 Å². The lowest BCUT2D eigenvalue weighted by Crippen LogP contribution is -1.88. The summed E-state index contributed by atoms with van der Waals surface area (Å²) in [5, 5.41) is 10.1. The normalized spacial score (nSPS) is 10.8. The van der Waals surface area contributed by atoms with E-state index in [2.05, 4.69) is 15.9 Å². The van der Waals surface area contributed by atoms with E-state index in [9.17, 15) is 5.11 Å². The van der Waals surface area contributed by atoms with Gasteiger partial charge in [0.05, 0.1) is 4.47 Å². The molecule has 0 aliphatic heterocycles. The number of halogens is 2. The van der Waals surface area contributed by atoms with Crippen molar-refractivity contribution in [3.8, 4) is 5.75 Å². The molecular weight excluding hydrogens is 239 g/mol. The zero-order chi connectivity index (χ0) is 9.30. The first kappa shape index (κ1) is 9.87. The molecule has 1 aromatic rings. The van der Waals surface area contributed by atoms with Crippen molar-refractivity contribution in [3.63, 3.8) is 0 Å². The van der Waals surface area contributed by atoms with Crippen LogP contribution in [0.2, 0.25) is 5.02 Å². The van der Waals surface area contributed by atoms with Crippen LogP contribution in [0.25, 0.3) is 0 Å². The van der Waals surface area contributed by atoms with Gasteiger partial charge in [0.1, 0.15) is 5.75 Å². The van der Waals surface area contributed by atoms with Crippen molar-refractivity contribution in [3.05, 3.63) is 27.2 Å². The van der Waals surface area contributed by atoms with E-state index in [-0.39, 0.29) is 5.75 Å². The van der Waals surface area contributed by atoms with Crippen molar-refractivity contribution in [1.82, 2.24) is 0 Å². The van der Waals surface area contributed by atoms with Crippen molar-refractivity contribution in [1.29, 1.82) is 0 Å². The predicted octanol–water partition coefficient (Wildman–Crippen LogP) is 3.93. The Morgan fingerprint density at radius 1 is 1.42 bits per heavy atom. The number of phenolic OH excluding ortho intramolecular Hbond substituents is 1. The van der Waals surface area contributed by atoms with Gasteiger partial charge in [-0.05, 0) is 39.5 Å². The van der Waals surface area contributed by atoms with Crippen LogP contribution in [0.4, 0.5) is 0 Å². The third kappa shape index (κ3) is 1.93. The SMILES string of the molecule is CC(C)c1cc(O)c(Br)cc1Cl. The molecule has 3 heteroatoms. The number of phenols is 1. The fourth-order valence-corrected chi connectivity index (χ4v) is 1.85. The van der Waals surface area contributed by atoms with Crippen molar-refractivity contribution in [2.75, 3.05) is 0 Å². The van der Waals surface area contributed by atoms with Gasteiger partial charge in [0.15, 0.2) is 0 Å². The minimum absolute atomic E-state index is 0.239. The number of hydrogen-bond acceptors (Lipinski definition) is 1. The van der Waals surface area contributed by atoms with Gasteiger partial charge in [-0.25, -0.2) is 0 Å². The lowest BCUT2D eigenvalue weighted by Gasteiger charge is -2.09. The summed E-state index contributed by atoms with van der Waals surface area (Å²) in [6, 6.07) is 3.41. The molecule has 0 aliphatic carbocycles. The summed E-state index contributed by atoms with van der Waals surface area (Å²) in [6.45, 7) is 4.07. The number of rotatable bonds is 1. The molecule has 0 aliphatic rings. The maximum atomic E-state index is 9.37. The fraction of sp³-hybridized carbons (Fsp3) is 0.333. The van der Waals surface area contributed by atoms with E-state index in [4.69, 9.17) is 11.6 Å². The first-order valence-corrected chi connectivity index (χ1v) is 4.87. The Morgan fingerprint density at radius 2 is 2.00 bits per heavy atom. The summed E-state index contributed by atoms with van der Waals surface area (Å²) in [6.07, 6.45) is 0. The molecule has 0 amide bonds. The largest absolute Gasteiger partial charge is 0.507 e. The molecule has 66 valence electrons. The van der Waals surface area contributed by atoms with Crippen LogP contribution >= 0.6 is 27.5 Å². The average molecular weight is 250 g/mol. The second-order valence-corrected chi connectivity index (χ2v) is 4.24. The van der Waals surface area contributed by atoms with Gasteiger partial charge in [-0.3, -0.25) is 0 Å². The maximum absolute atomic E-state index is 9.37. The molecule has 1 nitrogen and oxygen atoms in total. The molecule has 0 aromatic heterocycles. The highest BCUT2D eigenvalue weighted by Gasteiger charge is 2.08. The van der Waals surface area contributed by atoms with Crippen LogP contribution in [0.15, 0.2) is 16.6 Å². The quantitative estimate of drug-likeness (QED) is 0.799. The van der Waals surface area contributed by atoms with E-state index in [1.165, 1.54) is 0 Å². The summed E-state index contributed by atoms with van der Waals surface area (Å²) in [5.74, 6) is 0.569. The first-order chi connectivity index (χ1) is 5.52. The Hall–Kier alpha value is -0.210. The van der Waals surface area contributed by atoms with Crippen molar-refractivity contribution < 1.29 is 5.11 Å². The second kappa shape index (κ2) is 3.67. The fourth-order valence-electron chi connectivity index (χ4n) is 0.996. The Labute approximate surface area is 85.5 Å². The van der Waals surface area contributed by atoms with E-state index in [1.54, 1.807) is 12.1 Å². The number of benzene rings is 1. The molecule has 0 atom stereocenters. The van der Waals surface area contributed by atoms with Crippen molar-refractivity contribution >= 4 is 27.5 Å². The average Bonchev–Trinajstić information content (AvgIpc) is 1.96. The summed E-state index contributed by atoms with van der Waals surface area (Å²) < 4.78 is 0.636. The van der Waals surface area contributed by atoms with Crippen LogP contribution in [-0.4, -0.2) is 5.11 Å². The van der Waals surface area contributed by atoms with Gasteiger partial charge >= 0.3 is 0 Å². The van der Waals surface area contributed by atoms with Crippen molar-refractivity contribution in [2.24, 2.45) is 0 Å². The summed E-state index contributed by atoms with van der Waals surface area (Å²) in [7, 11) is 0. The van der Waals surface area contributed by atoms with Gasteiger partial charge in [-0.15, -0.1) is 0 Å². The van der Waals surface area contributed by atoms with Crippen LogP contribution < -0.4 is 0 Å². The highest BCUT2D eigenvalue weighted by atomic mass is 79.9. The Kier molecular flexibility index (Phi) is 3.02. The molecule has 0 radical (unpaired) electrons. The van der Waals surface area contributed by atoms with Gasteiger partial charge in [-0.2, -0.15) is 0 Å². The molecule has 1 rings (SSSR count). The predicted molar refractivity (Wildman–Crippen MR) is 54.9 cm³/mol. The van der Waals surface area contributed by atoms with Gasteiger partial charge in [-0.1, -0.05) is 25.4 Å².